The summed E-state index contributed by atoms with van der Waals surface area (Å²) in [5.41, 5.74) is 3.16. The minimum absolute atomic E-state index is 0.305. The monoisotopic (exact) mass is 322 g/mol. The van der Waals surface area contributed by atoms with Crippen LogP contribution < -0.4 is 0 Å². The van der Waals surface area contributed by atoms with Crippen LogP contribution in [-0.2, 0) is 12.8 Å². The molecule has 0 radical (unpaired) electrons. The highest BCUT2D eigenvalue weighted by atomic mass is 19.2. The van der Waals surface area contributed by atoms with E-state index in [9.17, 15) is 8.78 Å². The second-order valence-corrected chi connectivity index (χ2v) is 5.99. The van der Waals surface area contributed by atoms with E-state index in [1.165, 1.54) is 0 Å². The Kier molecular flexibility index (Phi) is 4.75. The second-order valence-electron chi connectivity index (χ2n) is 5.99. The van der Waals surface area contributed by atoms with Crippen LogP contribution in [0.15, 0.2) is 61.2 Å². The Labute approximate surface area is 141 Å². The van der Waals surface area contributed by atoms with Gasteiger partial charge in [0.25, 0.3) is 0 Å². The van der Waals surface area contributed by atoms with Crippen molar-refractivity contribution in [2.24, 2.45) is 0 Å². The lowest BCUT2D eigenvalue weighted by atomic mass is 9.97. The Bertz CT molecular complexity index is 877. The predicted molar refractivity (Wildman–Crippen MR) is 97.2 cm³/mol. The van der Waals surface area contributed by atoms with E-state index in [0.717, 1.165) is 35.8 Å². The first kappa shape index (κ1) is 16.4. The van der Waals surface area contributed by atoms with Gasteiger partial charge in [-0.3, -0.25) is 0 Å². The van der Waals surface area contributed by atoms with Crippen LogP contribution in [0.3, 0.4) is 0 Å². The van der Waals surface area contributed by atoms with Crippen molar-refractivity contribution in [3.8, 4) is 11.1 Å². The maximum atomic E-state index is 14.6. The first-order valence-corrected chi connectivity index (χ1v) is 8.25. The van der Waals surface area contributed by atoms with Crippen molar-refractivity contribution >= 4 is 10.8 Å². The van der Waals surface area contributed by atoms with Crippen molar-refractivity contribution in [2.45, 2.75) is 26.2 Å². The van der Waals surface area contributed by atoms with Gasteiger partial charge in [-0.2, -0.15) is 0 Å². The largest absolute Gasteiger partial charge is 0.203 e. The van der Waals surface area contributed by atoms with Crippen molar-refractivity contribution in [3.63, 3.8) is 0 Å². The molecule has 3 aromatic carbocycles. The van der Waals surface area contributed by atoms with E-state index in [2.05, 4.69) is 6.58 Å². The predicted octanol–water partition coefficient (Wildman–Crippen LogP) is 6.47. The van der Waals surface area contributed by atoms with E-state index in [0.29, 0.717) is 16.5 Å². The molecule has 0 spiro atoms. The van der Waals surface area contributed by atoms with Gasteiger partial charge in [-0.25, -0.2) is 8.78 Å². The van der Waals surface area contributed by atoms with Crippen LogP contribution in [-0.4, -0.2) is 0 Å². The molecular weight excluding hydrogens is 302 g/mol. The third kappa shape index (κ3) is 3.09. The molecule has 0 saturated carbocycles. The van der Waals surface area contributed by atoms with Gasteiger partial charge in [0.05, 0.1) is 0 Å². The van der Waals surface area contributed by atoms with Crippen LogP contribution in [0.4, 0.5) is 8.78 Å². The van der Waals surface area contributed by atoms with Crippen LogP contribution in [0.2, 0.25) is 0 Å². The minimum Gasteiger partial charge on any atom is -0.203 e. The lowest BCUT2D eigenvalue weighted by Crippen LogP contribution is -1.94. The summed E-state index contributed by atoms with van der Waals surface area (Å²) in [6, 6.07) is 14.9. The van der Waals surface area contributed by atoms with E-state index < -0.39 is 11.6 Å². The summed E-state index contributed by atoms with van der Waals surface area (Å²) in [7, 11) is 0. The Morgan fingerprint density at radius 3 is 2.29 bits per heavy atom. The van der Waals surface area contributed by atoms with Gasteiger partial charge in [-0.05, 0) is 53.5 Å². The van der Waals surface area contributed by atoms with Gasteiger partial charge in [0.1, 0.15) is 0 Å². The first-order valence-electron chi connectivity index (χ1n) is 8.25. The Hall–Kier alpha value is -2.48. The summed E-state index contributed by atoms with van der Waals surface area (Å²) >= 11 is 0. The van der Waals surface area contributed by atoms with Crippen LogP contribution in [0.5, 0.6) is 0 Å². The van der Waals surface area contributed by atoms with E-state index >= 15 is 0 Å². The average Bonchev–Trinajstić information content (AvgIpc) is 2.63. The fourth-order valence-corrected chi connectivity index (χ4v) is 2.92. The number of hydrogen-bond acceptors (Lipinski definition) is 0. The summed E-state index contributed by atoms with van der Waals surface area (Å²) < 4.78 is 29.1. The maximum Gasteiger partial charge on any atom is 0.167 e. The molecule has 0 atom stereocenters. The summed E-state index contributed by atoms with van der Waals surface area (Å²) in [4.78, 5) is 0. The molecule has 0 heterocycles. The summed E-state index contributed by atoms with van der Waals surface area (Å²) in [6.45, 7) is 5.71. The van der Waals surface area contributed by atoms with Crippen molar-refractivity contribution in [3.05, 3.63) is 83.9 Å². The summed E-state index contributed by atoms with van der Waals surface area (Å²) in [6.07, 6.45) is 4.47. The van der Waals surface area contributed by atoms with Crippen LogP contribution >= 0.6 is 0 Å². The molecule has 0 saturated heterocycles. The van der Waals surface area contributed by atoms with Gasteiger partial charge in [-0.15, -0.1) is 6.58 Å². The SMILES string of the molecule is C=CCCc1ccc(-c2cc3ccc(CC)cc3c(F)c2F)cc1. The smallest absolute Gasteiger partial charge is 0.167 e. The third-order valence-corrected chi connectivity index (χ3v) is 4.39. The lowest BCUT2D eigenvalue weighted by Gasteiger charge is -2.10. The quantitative estimate of drug-likeness (QED) is 0.472. The molecule has 0 unspecified atom stereocenters. The number of fused-ring (bicyclic) bond motifs is 1. The number of allylic oxidation sites excluding steroid dienone is 1. The number of benzene rings is 3. The molecule has 0 bridgehead atoms. The summed E-state index contributed by atoms with van der Waals surface area (Å²) in [5, 5.41) is 1.06. The van der Waals surface area contributed by atoms with E-state index in [4.69, 9.17) is 0 Å². The molecule has 0 aromatic heterocycles. The van der Waals surface area contributed by atoms with Gasteiger partial charge in [-0.1, -0.05) is 49.4 Å². The topological polar surface area (TPSA) is 0 Å². The van der Waals surface area contributed by atoms with Crippen molar-refractivity contribution in [1.29, 1.82) is 0 Å². The number of rotatable bonds is 5. The molecule has 0 amide bonds. The fourth-order valence-electron chi connectivity index (χ4n) is 2.92. The molecule has 3 aromatic rings. The zero-order chi connectivity index (χ0) is 17.1. The molecule has 24 heavy (non-hydrogen) atoms. The number of halogens is 2. The normalized spacial score (nSPS) is 11.0. The van der Waals surface area contributed by atoms with E-state index in [-0.39, 0.29) is 0 Å². The summed E-state index contributed by atoms with van der Waals surface area (Å²) in [5.74, 6) is -1.55. The highest BCUT2D eigenvalue weighted by Gasteiger charge is 2.15. The molecular formula is C22H20F2. The molecule has 0 aliphatic carbocycles. The molecule has 0 fully saturated rings. The highest BCUT2D eigenvalue weighted by Crippen LogP contribution is 2.31. The Morgan fingerprint density at radius 1 is 0.917 bits per heavy atom. The number of hydrogen-bond donors (Lipinski definition) is 0. The standard InChI is InChI=1S/C22H20F2/c1-3-5-6-16-8-10-17(11-9-16)20-14-18-12-7-15(4-2)13-19(18)21(23)22(20)24/h3,7-14H,1,4-6H2,2H3. The molecule has 0 aliphatic heterocycles. The molecule has 0 nitrogen and oxygen atoms in total. The highest BCUT2D eigenvalue weighted by molar-refractivity contribution is 5.88. The van der Waals surface area contributed by atoms with Gasteiger partial charge in [0, 0.05) is 10.9 Å². The van der Waals surface area contributed by atoms with Crippen molar-refractivity contribution in [2.75, 3.05) is 0 Å². The van der Waals surface area contributed by atoms with Gasteiger partial charge in [0.2, 0.25) is 0 Å². The van der Waals surface area contributed by atoms with E-state index in [1.807, 2.05) is 49.4 Å². The Balaban J connectivity index is 2.06. The van der Waals surface area contributed by atoms with Crippen LogP contribution in [0.1, 0.15) is 24.5 Å². The zero-order valence-electron chi connectivity index (χ0n) is 13.8. The third-order valence-electron chi connectivity index (χ3n) is 4.39. The van der Waals surface area contributed by atoms with Crippen molar-refractivity contribution < 1.29 is 8.78 Å². The number of aryl methyl sites for hydroxylation is 2. The fraction of sp³-hybridized carbons (Fsp3) is 0.182. The van der Waals surface area contributed by atoms with Gasteiger partial charge >= 0.3 is 0 Å². The van der Waals surface area contributed by atoms with Gasteiger partial charge in [0.15, 0.2) is 11.6 Å². The minimum atomic E-state index is -0.783. The lowest BCUT2D eigenvalue weighted by molar-refractivity contribution is 0.519. The average molecular weight is 322 g/mol. The van der Waals surface area contributed by atoms with Crippen LogP contribution in [0.25, 0.3) is 21.9 Å². The zero-order valence-corrected chi connectivity index (χ0v) is 13.8. The maximum absolute atomic E-state index is 14.6. The molecule has 3 rings (SSSR count). The molecule has 122 valence electrons. The Morgan fingerprint density at radius 2 is 1.62 bits per heavy atom. The molecule has 0 N–H and O–H groups in total. The van der Waals surface area contributed by atoms with E-state index in [1.54, 1.807) is 12.1 Å². The first-order chi connectivity index (χ1) is 11.6. The second kappa shape index (κ2) is 6.96. The van der Waals surface area contributed by atoms with Crippen LogP contribution in [0, 0.1) is 11.6 Å². The molecule has 2 heteroatoms. The van der Waals surface area contributed by atoms with Gasteiger partial charge < -0.3 is 0 Å². The van der Waals surface area contributed by atoms with Crippen molar-refractivity contribution in [1.82, 2.24) is 0 Å². The molecule has 0 aliphatic rings.